The molecule has 1 atom stereocenters. The van der Waals surface area contributed by atoms with Gasteiger partial charge in [-0.1, -0.05) is 0 Å². The maximum absolute atomic E-state index is 10.7. The summed E-state index contributed by atoms with van der Waals surface area (Å²) >= 11 is 1.59. The van der Waals surface area contributed by atoms with Crippen molar-refractivity contribution in [1.82, 2.24) is 4.98 Å². The maximum Gasteiger partial charge on any atom is 0.312 e. The van der Waals surface area contributed by atoms with E-state index in [4.69, 9.17) is 5.11 Å². The Bertz CT molecular complexity index is 330. The van der Waals surface area contributed by atoms with Gasteiger partial charge in [0.05, 0.1) is 16.6 Å². The number of hydrogen-bond donors (Lipinski definition) is 1. The molecule has 1 fully saturated rings. The first kappa shape index (κ1) is 8.69. The smallest absolute Gasteiger partial charge is 0.312 e. The summed E-state index contributed by atoms with van der Waals surface area (Å²) in [5.41, 5.74) is 0.708. The van der Waals surface area contributed by atoms with Crippen LogP contribution in [0, 0.1) is 0 Å². The summed E-state index contributed by atoms with van der Waals surface area (Å²) in [5, 5.41) is 11.7. The molecule has 0 aliphatic heterocycles. The minimum atomic E-state index is -0.798. The van der Waals surface area contributed by atoms with Gasteiger partial charge in [-0.25, -0.2) is 4.98 Å². The highest BCUT2D eigenvalue weighted by atomic mass is 32.1. The van der Waals surface area contributed by atoms with Crippen LogP contribution in [-0.4, -0.2) is 16.1 Å². The lowest BCUT2D eigenvalue weighted by Gasteiger charge is -1.99. The Morgan fingerprint density at radius 1 is 1.77 bits per heavy atom. The fraction of sp³-hybridized carbons (Fsp3) is 0.556. The zero-order valence-corrected chi connectivity index (χ0v) is 8.17. The lowest BCUT2D eigenvalue weighted by Crippen LogP contribution is -2.07. The second-order valence-corrected chi connectivity index (χ2v) is 4.33. The molecule has 0 saturated heterocycles. The highest BCUT2D eigenvalue weighted by molar-refractivity contribution is 7.09. The van der Waals surface area contributed by atoms with Crippen molar-refractivity contribution in [3.63, 3.8) is 0 Å². The van der Waals surface area contributed by atoms with E-state index in [-0.39, 0.29) is 0 Å². The molecule has 4 heteroatoms. The molecule has 0 bridgehead atoms. The van der Waals surface area contributed by atoms with Crippen LogP contribution in [0.4, 0.5) is 0 Å². The molecule has 3 nitrogen and oxygen atoms in total. The zero-order valence-electron chi connectivity index (χ0n) is 7.36. The number of rotatable bonds is 3. The van der Waals surface area contributed by atoms with Crippen LogP contribution in [-0.2, 0) is 4.79 Å². The first-order valence-electron chi connectivity index (χ1n) is 4.36. The summed E-state index contributed by atoms with van der Waals surface area (Å²) < 4.78 is 0. The highest BCUT2D eigenvalue weighted by Gasteiger charge is 2.28. The van der Waals surface area contributed by atoms with Gasteiger partial charge in [-0.3, -0.25) is 4.79 Å². The Hall–Kier alpha value is -0.900. The predicted octanol–water partition coefficient (Wildman–Crippen LogP) is 2.21. The van der Waals surface area contributed by atoms with Gasteiger partial charge < -0.3 is 5.11 Å². The van der Waals surface area contributed by atoms with E-state index in [1.165, 1.54) is 12.8 Å². The van der Waals surface area contributed by atoms with Gasteiger partial charge in [-0.15, -0.1) is 11.3 Å². The van der Waals surface area contributed by atoms with Crippen LogP contribution in [0.5, 0.6) is 0 Å². The average Bonchev–Trinajstić information content (AvgIpc) is 2.83. The molecule has 0 amide bonds. The fourth-order valence-electron chi connectivity index (χ4n) is 1.14. The third-order valence-electron chi connectivity index (χ3n) is 2.28. The van der Waals surface area contributed by atoms with Crippen molar-refractivity contribution in [3.05, 3.63) is 16.1 Å². The average molecular weight is 197 g/mol. The molecule has 70 valence electrons. The van der Waals surface area contributed by atoms with E-state index in [0.717, 1.165) is 5.01 Å². The Morgan fingerprint density at radius 2 is 2.46 bits per heavy atom. The van der Waals surface area contributed by atoms with Gasteiger partial charge in [0.1, 0.15) is 0 Å². The first-order chi connectivity index (χ1) is 6.18. The minimum absolute atomic E-state index is 0.469. The number of carboxylic acids is 1. The van der Waals surface area contributed by atoms with E-state index < -0.39 is 11.9 Å². The van der Waals surface area contributed by atoms with Gasteiger partial charge in [0.25, 0.3) is 0 Å². The molecule has 1 unspecified atom stereocenters. The maximum atomic E-state index is 10.7. The van der Waals surface area contributed by atoms with Gasteiger partial charge in [0.15, 0.2) is 0 Å². The molecule has 1 aromatic heterocycles. The SMILES string of the molecule is CC(C(=O)O)c1csc(C2CC2)n1. The highest BCUT2D eigenvalue weighted by Crippen LogP contribution is 2.41. The number of carboxylic acid groups (broad SMARTS) is 1. The number of hydrogen-bond acceptors (Lipinski definition) is 3. The second kappa shape index (κ2) is 3.10. The first-order valence-corrected chi connectivity index (χ1v) is 5.24. The van der Waals surface area contributed by atoms with Gasteiger partial charge >= 0.3 is 5.97 Å². The molecule has 1 aliphatic rings. The predicted molar refractivity (Wildman–Crippen MR) is 50.1 cm³/mol. The van der Waals surface area contributed by atoms with Crippen LogP contribution in [0.25, 0.3) is 0 Å². The molecule has 1 N–H and O–H groups in total. The number of thiazole rings is 1. The van der Waals surface area contributed by atoms with Crippen LogP contribution in [0.15, 0.2) is 5.38 Å². The zero-order chi connectivity index (χ0) is 9.42. The molecule has 0 aromatic carbocycles. The summed E-state index contributed by atoms with van der Waals surface area (Å²) in [6, 6.07) is 0. The molecule has 1 aromatic rings. The number of carbonyl (C=O) groups is 1. The number of nitrogens with zero attached hydrogens (tertiary/aromatic N) is 1. The van der Waals surface area contributed by atoms with E-state index in [1.54, 1.807) is 18.3 Å². The topological polar surface area (TPSA) is 50.2 Å². The summed E-state index contributed by atoms with van der Waals surface area (Å²) in [7, 11) is 0. The summed E-state index contributed by atoms with van der Waals surface area (Å²) in [6.45, 7) is 1.67. The van der Waals surface area contributed by atoms with Crippen LogP contribution in [0.2, 0.25) is 0 Å². The monoisotopic (exact) mass is 197 g/mol. The Labute approximate surface area is 80.4 Å². The van der Waals surface area contributed by atoms with Crippen LogP contribution < -0.4 is 0 Å². The summed E-state index contributed by atoms with van der Waals surface area (Å²) in [4.78, 5) is 15.0. The standard InChI is InChI=1S/C9H11NO2S/c1-5(9(11)12)7-4-13-8(10-7)6-2-3-6/h4-6H,2-3H2,1H3,(H,11,12). The van der Waals surface area contributed by atoms with Crippen LogP contribution >= 0.6 is 11.3 Å². The quantitative estimate of drug-likeness (QED) is 0.808. The third-order valence-corrected chi connectivity index (χ3v) is 3.31. The van der Waals surface area contributed by atoms with Gasteiger partial charge in [0, 0.05) is 11.3 Å². The van der Waals surface area contributed by atoms with Crippen molar-refractivity contribution in [2.45, 2.75) is 31.6 Å². The summed E-state index contributed by atoms with van der Waals surface area (Å²) in [5.74, 6) is -0.642. The van der Waals surface area contributed by atoms with Gasteiger partial charge in [0.2, 0.25) is 0 Å². The van der Waals surface area contributed by atoms with E-state index in [9.17, 15) is 4.79 Å². The Morgan fingerprint density at radius 3 is 3.00 bits per heavy atom. The molecule has 0 spiro atoms. The van der Waals surface area contributed by atoms with Crippen molar-refractivity contribution in [1.29, 1.82) is 0 Å². The van der Waals surface area contributed by atoms with Crippen molar-refractivity contribution < 1.29 is 9.90 Å². The fourth-order valence-corrected chi connectivity index (χ4v) is 2.23. The van der Waals surface area contributed by atoms with Crippen molar-refractivity contribution in [2.75, 3.05) is 0 Å². The van der Waals surface area contributed by atoms with E-state index >= 15 is 0 Å². The molecule has 0 radical (unpaired) electrons. The Kier molecular flexibility index (Phi) is 2.07. The molecule has 1 aliphatic carbocycles. The van der Waals surface area contributed by atoms with Crippen LogP contribution in [0.1, 0.15) is 42.3 Å². The molecular weight excluding hydrogens is 186 g/mol. The largest absolute Gasteiger partial charge is 0.481 e. The van der Waals surface area contributed by atoms with Gasteiger partial charge in [-0.2, -0.15) is 0 Å². The van der Waals surface area contributed by atoms with E-state index in [2.05, 4.69) is 4.98 Å². The number of aliphatic carboxylic acids is 1. The van der Waals surface area contributed by atoms with Crippen molar-refractivity contribution in [3.8, 4) is 0 Å². The van der Waals surface area contributed by atoms with E-state index in [1.807, 2.05) is 5.38 Å². The number of aromatic nitrogens is 1. The Balaban J connectivity index is 2.16. The van der Waals surface area contributed by atoms with Crippen LogP contribution in [0.3, 0.4) is 0 Å². The van der Waals surface area contributed by atoms with E-state index in [0.29, 0.717) is 11.6 Å². The molecule has 1 heterocycles. The lowest BCUT2D eigenvalue weighted by molar-refractivity contribution is -0.138. The normalized spacial score (nSPS) is 18.5. The molecule has 13 heavy (non-hydrogen) atoms. The molecular formula is C9H11NO2S. The van der Waals surface area contributed by atoms with Crippen molar-refractivity contribution in [2.24, 2.45) is 0 Å². The summed E-state index contributed by atoms with van der Waals surface area (Å²) in [6.07, 6.45) is 2.43. The minimum Gasteiger partial charge on any atom is -0.481 e. The lowest BCUT2D eigenvalue weighted by atomic mass is 10.1. The third kappa shape index (κ3) is 1.72. The van der Waals surface area contributed by atoms with Gasteiger partial charge in [-0.05, 0) is 19.8 Å². The van der Waals surface area contributed by atoms with Crippen molar-refractivity contribution >= 4 is 17.3 Å². The molecule has 1 saturated carbocycles. The molecule has 2 rings (SSSR count). The second-order valence-electron chi connectivity index (χ2n) is 3.44.